The van der Waals surface area contributed by atoms with Crippen LogP contribution >= 0.6 is 0 Å². The summed E-state index contributed by atoms with van der Waals surface area (Å²) in [4.78, 5) is 20.5. The van der Waals surface area contributed by atoms with Crippen molar-refractivity contribution in [1.82, 2.24) is 20.4 Å². The number of hydrogen-bond donors (Lipinski definition) is 2. The van der Waals surface area contributed by atoms with E-state index in [1.807, 2.05) is 0 Å². The van der Waals surface area contributed by atoms with Crippen molar-refractivity contribution in [2.24, 2.45) is 10.4 Å². The van der Waals surface area contributed by atoms with Crippen molar-refractivity contribution in [3.63, 3.8) is 0 Å². The van der Waals surface area contributed by atoms with Gasteiger partial charge in [0.15, 0.2) is 5.96 Å². The van der Waals surface area contributed by atoms with E-state index >= 15 is 0 Å². The molecular formula is C20H39N5O3. The minimum absolute atomic E-state index is 0.00598. The molecule has 2 aliphatic rings. The minimum atomic E-state index is -0.00598. The molecule has 2 fully saturated rings. The van der Waals surface area contributed by atoms with Crippen molar-refractivity contribution in [3.05, 3.63) is 0 Å². The predicted octanol–water partition coefficient (Wildman–Crippen LogP) is 0.539. The van der Waals surface area contributed by atoms with Gasteiger partial charge in [0, 0.05) is 59.3 Å². The molecule has 0 bridgehead atoms. The maximum Gasteiger partial charge on any atom is 0.243 e. The first kappa shape index (κ1) is 22.9. The van der Waals surface area contributed by atoms with E-state index < -0.39 is 0 Å². The highest BCUT2D eigenvalue weighted by Gasteiger charge is 2.34. The fraction of sp³-hybridized carbons (Fsp3) is 0.900. The molecule has 0 radical (unpaired) electrons. The average Bonchev–Trinajstić information content (AvgIpc) is 2.71. The van der Waals surface area contributed by atoms with Crippen molar-refractivity contribution in [2.45, 2.75) is 32.1 Å². The van der Waals surface area contributed by atoms with Gasteiger partial charge in [0.25, 0.3) is 0 Å². The monoisotopic (exact) mass is 397 g/mol. The number of nitrogens with one attached hydrogen (secondary N) is 2. The Morgan fingerprint density at radius 2 is 1.89 bits per heavy atom. The molecule has 1 aliphatic heterocycles. The molecule has 8 heteroatoms. The van der Waals surface area contributed by atoms with Gasteiger partial charge in [-0.2, -0.15) is 0 Å². The Kier molecular flexibility index (Phi) is 10.0. The Morgan fingerprint density at radius 3 is 2.54 bits per heavy atom. The maximum atomic E-state index is 11.9. The zero-order valence-corrected chi connectivity index (χ0v) is 18.0. The number of guanidine groups is 1. The van der Waals surface area contributed by atoms with Crippen LogP contribution in [-0.4, -0.2) is 102 Å². The summed E-state index contributed by atoms with van der Waals surface area (Å²) in [5, 5.41) is 6.81. The number of carbonyl (C=O) groups excluding carboxylic acids is 1. The standard InChI is InChI=1S/C20H39N5O3/c1-24(2)18(26)15-22-19(21-9-12-27-3)23-16-20(7-5-4-6-8-20)17-25-10-13-28-14-11-25/h4-17H2,1-3H3,(H2,21,22,23). The van der Waals surface area contributed by atoms with Crippen molar-refractivity contribution in [1.29, 1.82) is 0 Å². The lowest BCUT2D eigenvalue weighted by Gasteiger charge is -2.42. The highest BCUT2D eigenvalue weighted by Crippen LogP contribution is 2.36. The predicted molar refractivity (Wildman–Crippen MR) is 112 cm³/mol. The van der Waals surface area contributed by atoms with E-state index in [0.29, 0.717) is 19.1 Å². The quantitative estimate of drug-likeness (QED) is 0.336. The number of morpholine rings is 1. The molecule has 0 aromatic rings. The largest absolute Gasteiger partial charge is 0.383 e. The number of likely N-dealkylation sites (N-methyl/N-ethyl adjacent to an activating group) is 1. The van der Waals surface area contributed by atoms with E-state index in [1.54, 1.807) is 26.1 Å². The van der Waals surface area contributed by atoms with Crippen LogP contribution in [0.15, 0.2) is 4.99 Å². The van der Waals surface area contributed by atoms with E-state index in [-0.39, 0.29) is 17.9 Å². The van der Waals surface area contributed by atoms with E-state index in [9.17, 15) is 4.79 Å². The van der Waals surface area contributed by atoms with Crippen LogP contribution in [0.1, 0.15) is 32.1 Å². The summed E-state index contributed by atoms with van der Waals surface area (Å²) >= 11 is 0. The summed E-state index contributed by atoms with van der Waals surface area (Å²) in [6.45, 7) is 7.09. The summed E-state index contributed by atoms with van der Waals surface area (Å²) < 4.78 is 10.6. The van der Waals surface area contributed by atoms with Gasteiger partial charge in [-0.1, -0.05) is 19.3 Å². The van der Waals surface area contributed by atoms with E-state index in [4.69, 9.17) is 9.47 Å². The summed E-state index contributed by atoms with van der Waals surface area (Å²) in [5.74, 6) is 0.688. The van der Waals surface area contributed by atoms with Crippen molar-refractivity contribution >= 4 is 11.9 Å². The van der Waals surface area contributed by atoms with Crippen LogP contribution in [-0.2, 0) is 14.3 Å². The Labute approximate surface area is 170 Å². The van der Waals surface area contributed by atoms with Gasteiger partial charge in [-0.25, -0.2) is 4.99 Å². The lowest BCUT2D eigenvalue weighted by Crippen LogP contribution is -2.51. The lowest BCUT2D eigenvalue weighted by atomic mass is 9.73. The average molecular weight is 398 g/mol. The Balaban J connectivity index is 1.97. The normalized spacial score (nSPS) is 20.6. The molecule has 28 heavy (non-hydrogen) atoms. The van der Waals surface area contributed by atoms with Gasteiger partial charge in [-0.3, -0.25) is 9.69 Å². The number of carbonyl (C=O) groups is 1. The number of amides is 1. The molecule has 1 saturated heterocycles. The molecule has 162 valence electrons. The fourth-order valence-electron chi connectivity index (χ4n) is 3.93. The highest BCUT2D eigenvalue weighted by atomic mass is 16.5. The topological polar surface area (TPSA) is 78.4 Å². The number of rotatable bonds is 9. The zero-order valence-electron chi connectivity index (χ0n) is 18.0. The molecule has 0 spiro atoms. The SMILES string of the molecule is COCCNC(=NCC(=O)N(C)C)NCC1(CN2CCOCC2)CCCCC1. The molecule has 0 unspecified atom stereocenters. The van der Waals surface area contributed by atoms with Crippen LogP contribution < -0.4 is 10.6 Å². The molecule has 1 saturated carbocycles. The van der Waals surface area contributed by atoms with Crippen molar-refractivity contribution < 1.29 is 14.3 Å². The van der Waals surface area contributed by atoms with Crippen LogP contribution in [0.3, 0.4) is 0 Å². The van der Waals surface area contributed by atoms with Crippen molar-refractivity contribution in [2.75, 3.05) is 80.3 Å². The molecule has 8 nitrogen and oxygen atoms in total. The second kappa shape index (κ2) is 12.2. The fourth-order valence-corrected chi connectivity index (χ4v) is 3.93. The van der Waals surface area contributed by atoms with Crippen LogP contribution in [0.5, 0.6) is 0 Å². The van der Waals surface area contributed by atoms with Gasteiger partial charge < -0.3 is 25.0 Å². The zero-order chi connectivity index (χ0) is 20.2. The number of methoxy groups -OCH3 is 1. The Bertz CT molecular complexity index is 486. The first-order valence-corrected chi connectivity index (χ1v) is 10.6. The Hall–Kier alpha value is -1.38. The maximum absolute atomic E-state index is 11.9. The first-order valence-electron chi connectivity index (χ1n) is 10.6. The highest BCUT2D eigenvalue weighted by molar-refractivity contribution is 5.84. The molecule has 0 aromatic heterocycles. The Morgan fingerprint density at radius 1 is 1.18 bits per heavy atom. The van der Waals surface area contributed by atoms with E-state index in [2.05, 4.69) is 20.5 Å². The molecule has 1 heterocycles. The number of aliphatic imine (C=N–C) groups is 1. The lowest BCUT2D eigenvalue weighted by molar-refractivity contribution is -0.127. The minimum Gasteiger partial charge on any atom is -0.383 e. The van der Waals surface area contributed by atoms with Gasteiger partial charge in [-0.05, 0) is 12.8 Å². The summed E-state index contributed by atoms with van der Waals surface area (Å²) in [5.41, 5.74) is 0.255. The van der Waals surface area contributed by atoms with Gasteiger partial charge in [0.2, 0.25) is 5.91 Å². The molecule has 0 atom stereocenters. The molecule has 2 N–H and O–H groups in total. The molecule has 2 rings (SSSR count). The summed E-state index contributed by atoms with van der Waals surface area (Å²) in [6, 6.07) is 0. The molecule has 1 aliphatic carbocycles. The van der Waals surface area contributed by atoms with Crippen LogP contribution in [0.25, 0.3) is 0 Å². The number of ether oxygens (including phenoxy) is 2. The van der Waals surface area contributed by atoms with E-state index in [0.717, 1.165) is 39.4 Å². The number of hydrogen-bond acceptors (Lipinski definition) is 5. The van der Waals surface area contributed by atoms with Gasteiger partial charge in [0.05, 0.1) is 19.8 Å². The molecular weight excluding hydrogens is 358 g/mol. The van der Waals surface area contributed by atoms with E-state index in [1.165, 1.54) is 32.1 Å². The van der Waals surface area contributed by atoms with Crippen LogP contribution in [0.4, 0.5) is 0 Å². The second-order valence-corrected chi connectivity index (χ2v) is 8.18. The van der Waals surface area contributed by atoms with Crippen LogP contribution in [0.2, 0.25) is 0 Å². The summed E-state index contributed by atoms with van der Waals surface area (Å²) in [7, 11) is 5.19. The third-order valence-electron chi connectivity index (χ3n) is 5.68. The third kappa shape index (κ3) is 7.93. The third-order valence-corrected chi connectivity index (χ3v) is 5.68. The summed E-state index contributed by atoms with van der Waals surface area (Å²) in [6.07, 6.45) is 6.37. The van der Waals surface area contributed by atoms with Gasteiger partial charge >= 0.3 is 0 Å². The second-order valence-electron chi connectivity index (χ2n) is 8.18. The van der Waals surface area contributed by atoms with Gasteiger partial charge in [-0.15, -0.1) is 0 Å². The number of nitrogens with zero attached hydrogens (tertiary/aromatic N) is 3. The van der Waals surface area contributed by atoms with Crippen molar-refractivity contribution in [3.8, 4) is 0 Å². The molecule has 0 aromatic carbocycles. The smallest absolute Gasteiger partial charge is 0.243 e. The first-order chi connectivity index (χ1) is 13.5. The van der Waals surface area contributed by atoms with Gasteiger partial charge in [0.1, 0.15) is 6.54 Å². The van der Waals surface area contributed by atoms with Crippen LogP contribution in [0, 0.1) is 5.41 Å². The molecule has 1 amide bonds.